The van der Waals surface area contributed by atoms with Crippen LogP contribution in [0.4, 0.5) is 0 Å². The normalized spacial score (nSPS) is 22.8. The summed E-state index contributed by atoms with van der Waals surface area (Å²) >= 11 is 4.66. The average Bonchev–Trinajstić information content (AvgIpc) is 1.84. The van der Waals surface area contributed by atoms with Crippen molar-refractivity contribution < 1.29 is 0 Å². The van der Waals surface area contributed by atoms with Gasteiger partial charge in [-0.05, 0) is 13.6 Å². The van der Waals surface area contributed by atoms with E-state index in [-0.39, 0.29) is 0 Å². The fraction of sp³-hybridized carbons (Fsp3) is 1.00. The molecular formula is C7H14INS. The maximum absolute atomic E-state index is 2.60. The molecule has 0 saturated carbocycles. The molecule has 0 amide bonds. The highest BCUT2D eigenvalue weighted by Gasteiger charge is 2.35. The summed E-state index contributed by atoms with van der Waals surface area (Å²) in [4.78, 5) is 2.40. The molecule has 0 bridgehead atoms. The molecule has 0 atom stereocenters. The number of alkyl halides is 1. The lowest BCUT2D eigenvalue weighted by molar-refractivity contribution is 0.331. The second-order valence-corrected chi connectivity index (χ2v) is 6.25. The van der Waals surface area contributed by atoms with Crippen molar-refractivity contribution in [2.24, 2.45) is 0 Å². The molecule has 3 heteroatoms. The molecule has 0 N–H and O–H groups in total. The van der Waals surface area contributed by atoms with E-state index in [2.05, 4.69) is 53.2 Å². The molecule has 60 valence electrons. The first-order chi connectivity index (χ1) is 4.66. The van der Waals surface area contributed by atoms with Crippen LogP contribution in [0.25, 0.3) is 0 Å². The Morgan fingerprint density at radius 1 is 1.60 bits per heavy atom. The first-order valence-electron chi connectivity index (χ1n) is 3.61. The highest BCUT2D eigenvalue weighted by Crippen LogP contribution is 2.38. The summed E-state index contributed by atoms with van der Waals surface area (Å²) in [5.74, 6) is 2.69. The van der Waals surface area contributed by atoms with Crippen molar-refractivity contribution in [1.82, 2.24) is 4.90 Å². The third kappa shape index (κ3) is 2.27. The van der Waals surface area contributed by atoms with E-state index in [9.17, 15) is 0 Å². The lowest BCUT2D eigenvalue weighted by Crippen LogP contribution is -2.46. The second kappa shape index (κ2) is 3.63. The zero-order valence-corrected chi connectivity index (χ0v) is 9.54. The SMILES string of the molecule is CCN(C)CC1(I)CSC1. The van der Waals surface area contributed by atoms with Gasteiger partial charge in [-0.25, -0.2) is 0 Å². The Bertz CT molecular complexity index is 114. The van der Waals surface area contributed by atoms with Crippen molar-refractivity contribution in [3.63, 3.8) is 0 Å². The Balaban J connectivity index is 2.22. The molecule has 0 aliphatic carbocycles. The smallest absolute Gasteiger partial charge is 0.0529 e. The van der Waals surface area contributed by atoms with Gasteiger partial charge in [0.05, 0.1) is 3.42 Å². The lowest BCUT2D eigenvalue weighted by atomic mass is 10.2. The van der Waals surface area contributed by atoms with Gasteiger partial charge in [-0.15, -0.1) is 0 Å². The molecule has 1 aliphatic rings. The van der Waals surface area contributed by atoms with Gasteiger partial charge in [0.15, 0.2) is 0 Å². The van der Waals surface area contributed by atoms with Crippen molar-refractivity contribution in [3.8, 4) is 0 Å². The van der Waals surface area contributed by atoms with Crippen LogP contribution in [0.15, 0.2) is 0 Å². The van der Waals surface area contributed by atoms with Crippen LogP contribution in [0.1, 0.15) is 6.92 Å². The monoisotopic (exact) mass is 271 g/mol. The number of hydrogen-bond donors (Lipinski definition) is 0. The predicted octanol–water partition coefficient (Wildman–Crippen LogP) is 1.86. The van der Waals surface area contributed by atoms with Crippen LogP contribution < -0.4 is 0 Å². The van der Waals surface area contributed by atoms with Crippen LogP contribution >= 0.6 is 34.4 Å². The number of halogens is 1. The van der Waals surface area contributed by atoms with Gasteiger partial charge >= 0.3 is 0 Å². The quantitative estimate of drug-likeness (QED) is 0.569. The molecule has 0 aromatic rings. The van der Waals surface area contributed by atoms with E-state index in [0.717, 1.165) is 0 Å². The molecule has 1 nitrogen and oxygen atoms in total. The van der Waals surface area contributed by atoms with E-state index in [0.29, 0.717) is 3.42 Å². The van der Waals surface area contributed by atoms with Crippen molar-refractivity contribution in [3.05, 3.63) is 0 Å². The second-order valence-electron chi connectivity index (χ2n) is 2.97. The first kappa shape index (κ1) is 9.13. The number of hydrogen-bond acceptors (Lipinski definition) is 2. The van der Waals surface area contributed by atoms with E-state index in [1.807, 2.05) is 0 Å². The van der Waals surface area contributed by atoms with Crippen molar-refractivity contribution in [2.45, 2.75) is 10.3 Å². The molecular weight excluding hydrogens is 257 g/mol. The number of thioether (sulfide) groups is 1. The van der Waals surface area contributed by atoms with E-state index in [1.165, 1.54) is 24.6 Å². The maximum atomic E-state index is 2.60. The van der Waals surface area contributed by atoms with Crippen LogP contribution in [0.2, 0.25) is 0 Å². The summed E-state index contributed by atoms with van der Waals surface area (Å²) in [5, 5.41) is 0. The minimum absolute atomic E-state index is 0.604. The largest absolute Gasteiger partial charge is 0.305 e. The predicted molar refractivity (Wildman–Crippen MR) is 57.2 cm³/mol. The Morgan fingerprint density at radius 3 is 2.50 bits per heavy atom. The standard InChI is InChI=1S/C7H14INS/c1-3-9(2)4-7(8)5-10-6-7/h3-6H2,1-2H3. The molecule has 0 spiro atoms. The van der Waals surface area contributed by atoms with Crippen molar-refractivity contribution in [1.29, 1.82) is 0 Å². The summed E-state index contributed by atoms with van der Waals surface area (Å²) < 4.78 is 0.604. The Kier molecular flexibility index (Phi) is 3.31. The lowest BCUT2D eigenvalue weighted by Gasteiger charge is -2.38. The van der Waals surface area contributed by atoms with E-state index in [4.69, 9.17) is 0 Å². The van der Waals surface area contributed by atoms with Gasteiger partial charge in [0, 0.05) is 18.1 Å². The summed E-state index contributed by atoms with van der Waals surface area (Å²) in [5.41, 5.74) is 0. The zero-order chi connectivity index (χ0) is 7.61. The Hall–Kier alpha value is 1.04. The van der Waals surface area contributed by atoms with Crippen molar-refractivity contribution in [2.75, 3.05) is 31.6 Å². The molecule has 0 aromatic carbocycles. The molecule has 1 fully saturated rings. The summed E-state index contributed by atoms with van der Waals surface area (Å²) in [7, 11) is 2.20. The van der Waals surface area contributed by atoms with Crippen LogP contribution in [0.3, 0.4) is 0 Å². The minimum Gasteiger partial charge on any atom is -0.305 e. The van der Waals surface area contributed by atoms with Gasteiger partial charge in [0.1, 0.15) is 0 Å². The van der Waals surface area contributed by atoms with E-state index >= 15 is 0 Å². The van der Waals surface area contributed by atoms with Crippen molar-refractivity contribution >= 4 is 34.4 Å². The van der Waals surface area contributed by atoms with Crippen LogP contribution in [-0.2, 0) is 0 Å². The summed E-state index contributed by atoms with van der Waals surface area (Å²) in [6.07, 6.45) is 0. The molecule has 1 saturated heterocycles. The Morgan fingerprint density at radius 2 is 2.20 bits per heavy atom. The van der Waals surface area contributed by atoms with Gasteiger partial charge in [-0.1, -0.05) is 29.5 Å². The van der Waals surface area contributed by atoms with Crippen LogP contribution in [0, 0.1) is 0 Å². The summed E-state index contributed by atoms with van der Waals surface area (Å²) in [6.45, 7) is 4.65. The minimum atomic E-state index is 0.604. The van der Waals surface area contributed by atoms with Gasteiger partial charge in [0.25, 0.3) is 0 Å². The third-order valence-corrected chi connectivity index (χ3v) is 5.47. The van der Waals surface area contributed by atoms with Gasteiger partial charge in [-0.2, -0.15) is 11.8 Å². The highest BCUT2D eigenvalue weighted by atomic mass is 127. The van der Waals surface area contributed by atoms with Crippen LogP contribution in [0.5, 0.6) is 0 Å². The van der Waals surface area contributed by atoms with E-state index < -0.39 is 0 Å². The van der Waals surface area contributed by atoms with Crippen LogP contribution in [-0.4, -0.2) is 40.0 Å². The molecule has 0 aromatic heterocycles. The highest BCUT2D eigenvalue weighted by molar-refractivity contribution is 14.1. The van der Waals surface area contributed by atoms with Gasteiger partial charge < -0.3 is 4.90 Å². The molecule has 10 heavy (non-hydrogen) atoms. The van der Waals surface area contributed by atoms with Gasteiger partial charge in [0.2, 0.25) is 0 Å². The Labute approximate surface area is 81.1 Å². The van der Waals surface area contributed by atoms with E-state index in [1.54, 1.807) is 0 Å². The summed E-state index contributed by atoms with van der Waals surface area (Å²) in [6, 6.07) is 0. The number of rotatable bonds is 3. The zero-order valence-electron chi connectivity index (χ0n) is 6.56. The fourth-order valence-corrected chi connectivity index (χ4v) is 3.74. The molecule has 0 radical (unpaired) electrons. The topological polar surface area (TPSA) is 3.24 Å². The first-order valence-corrected chi connectivity index (χ1v) is 5.85. The number of nitrogens with zero attached hydrogens (tertiary/aromatic N) is 1. The average molecular weight is 271 g/mol. The molecule has 1 rings (SSSR count). The third-order valence-electron chi connectivity index (χ3n) is 1.81. The molecule has 1 heterocycles. The van der Waals surface area contributed by atoms with Gasteiger partial charge in [-0.3, -0.25) is 0 Å². The maximum Gasteiger partial charge on any atom is 0.0529 e. The molecule has 1 aliphatic heterocycles. The fourth-order valence-electron chi connectivity index (χ4n) is 1.01. The molecule has 0 unspecified atom stereocenters.